The Bertz CT molecular complexity index is 673. The normalized spacial score (nSPS) is 13.0. The molecule has 6 heteroatoms. The number of rotatable bonds is 6. The smallest absolute Gasteiger partial charge is 0.207 e. The van der Waals surface area contributed by atoms with Crippen molar-refractivity contribution in [3.63, 3.8) is 0 Å². The molecule has 112 valence electrons. The molecule has 21 heavy (non-hydrogen) atoms. The van der Waals surface area contributed by atoms with Gasteiger partial charge in [0, 0.05) is 16.9 Å². The van der Waals surface area contributed by atoms with Crippen LogP contribution in [0.4, 0.5) is 0 Å². The van der Waals surface area contributed by atoms with Crippen LogP contribution in [0.25, 0.3) is 0 Å². The highest BCUT2D eigenvalue weighted by Crippen LogP contribution is 2.21. The zero-order valence-corrected chi connectivity index (χ0v) is 13.5. The summed E-state index contributed by atoms with van der Waals surface area (Å²) in [4.78, 5) is 0.183. The number of nitrogens with one attached hydrogen (secondary N) is 1. The van der Waals surface area contributed by atoms with Crippen LogP contribution in [0.1, 0.15) is 18.0 Å². The fourth-order valence-corrected chi connectivity index (χ4v) is 3.56. The molecule has 0 radical (unpaired) electrons. The molecule has 0 aromatic heterocycles. The molecule has 2 rings (SSSR count). The fraction of sp³-hybridized carbons (Fsp3) is 0.200. The van der Waals surface area contributed by atoms with Gasteiger partial charge in [-0.25, -0.2) is 13.1 Å². The van der Waals surface area contributed by atoms with E-state index in [9.17, 15) is 8.42 Å². The Morgan fingerprint density at radius 1 is 1.00 bits per heavy atom. The van der Waals surface area contributed by atoms with Crippen LogP contribution in [0.15, 0.2) is 59.5 Å². The SMILES string of the molecule is O=S(=O)(NC(CCCl)c1ccccc1)c1ccc(Cl)cc1. The highest BCUT2D eigenvalue weighted by atomic mass is 35.5. The number of alkyl halides is 1. The van der Waals surface area contributed by atoms with Crippen molar-refractivity contribution in [1.29, 1.82) is 0 Å². The number of hydrogen-bond acceptors (Lipinski definition) is 2. The van der Waals surface area contributed by atoms with Gasteiger partial charge in [-0.1, -0.05) is 41.9 Å². The van der Waals surface area contributed by atoms with Gasteiger partial charge >= 0.3 is 0 Å². The first kappa shape index (κ1) is 16.3. The van der Waals surface area contributed by atoms with Gasteiger partial charge in [-0.05, 0) is 36.2 Å². The van der Waals surface area contributed by atoms with Gasteiger partial charge in [-0.3, -0.25) is 0 Å². The predicted octanol–water partition coefficient (Wildman–Crippen LogP) is 3.99. The van der Waals surface area contributed by atoms with Crippen molar-refractivity contribution >= 4 is 33.2 Å². The molecule has 0 aliphatic rings. The van der Waals surface area contributed by atoms with Gasteiger partial charge in [-0.2, -0.15) is 0 Å². The van der Waals surface area contributed by atoms with Crippen molar-refractivity contribution < 1.29 is 8.42 Å². The highest BCUT2D eigenvalue weighted by Gasteiger charge is 2.20. The summed E-state index contributed by atoms with van der Waals surface area (Å²) in [7, 11) is -3.61. The average molecular weight is 344 g/mol. The van der Waals surface area contributed by atoms with Crippen LogP contribution in [-0.4, -0.2) is 14.3 Å². The molecule has 0 heterocycles. The summed E-state index contributed by atoms with van der Waals surface area (Å²) in [5.74, 6) is 0.364. The predicted molar refractivity (Wildman–Crippen MR) is 86.3 cm³/mol. The van der Waals surface area contributed by atoms with Crippen LogP contribution in [0, 0.1) is 0 Å². The van der Waals surface area contributed by atoms with Crippen LogP contribution in [0.3, 0.4) is 0 Å². The Morgan fingerprint density at radius 3 is 2.19 bits per heavy atom. The third kappa shape index (κ3) is 4.45. The fourth-order valence-electron chi connectivity index (χ4n) is 1.96. The van der Waals surface area contributed by atoms with Gasteiger partial charge in [0.2, 0.25) is 10.0 Å². The van der Waals surface area contributed by atoms with Crippen molar-refractivity contribution in [3.8, 4) is 0 Å². The summed E-state index contributed by atoms with van der Waals surface area (Å²) in [6.07, 6.45) is 0.512. The lowest BCUT2D eigenvalue weighted by molar-refractivity contribution is 0.551. The topological polar surface area (TPSA) is 46.2 Å². The standard InChI is InChI=1S/C15H15Cl2NO2S/c16-11-10-15(12-4-2-1-3-5-12)18-21(19,20)14-8-6-13(17)7-9-14/h1-9,15,18H,10-11H2. The molecule has 1 N–H and O–H groups in total. The van der Waals surface area contributed by atoms with E-state index in [1.807, 2.05) is 30.3 Å². The third-order valence-electron chi connectivity index (χ3n) is 3.02. The maximum atomic E-state index is 12.4. The second kappa shape index (κ2) is 7.27. The van der Waals surface area contributed by atoms with Crippen LogP contribution < -0.4 is 4.72 Å². The lowest BCUT2D eigenvalue weighted by atomic mass is 10.1. The van der Waals surface area contributed by atoms with E-state index in [1.165, 1.54) is 12.1 Å². The van der Waals surface area contributed by atoms with Crippen LogP contribution >= 0.6 is 23.2 Å². The molecular formula is C15H15Cl2NO2S. The molecular weight excluding hydrogens is 329 g/mol. The van der Waals surface area contributed by atoms with E-state index >= 15 is 0 Å². The van der Waals surface area contributed by atoms with E-state index in [-0.39, 0.29) is 10.9 Å². The Kier molecular flexibility index (Phi) is 5.65. The molecule has 0 amide bonds. The Labute approximate surface area is 135 Å². The van der Waals surface area contributed by atoms with E-state index in [1.54, 1.807) is 12.1 Å². The van der Waals surface area contributed by atoms with Gasteiger partial charge < -0.3 is 0 Å². The first-order valence-corrected chi connectivity index (χ1v) is 8.81. The van der Waals surface area contributed by atoms with Gasteiger partial charge in [0.25, 0.3) is 0 Å². The van der Waals surface area contributed by atoms with E-state index in [0.29, 0.717) is 17.3 Å². The molecule has 3 nitrogen and oxygen atoms in total. The summed E-state index contributed by atoms with van der Waals surface area (Å²) in [5, 5.41) is 0.495. The molecule has 0 spiro atoms. The minimum atomic E-state index is -3.61. The Morgan fingerprint density at radius 2 is 1.62 bits per heavy atom. The second-order valence-corrected chi connectivity index (χ2v) is 7.04. The molecule has 0 aliphatic heterocycles. The van der Waals surface area contributed by atoms with E-state index in [0.717, 1.165) is 5.56 Å². The van der Waals surface area contributed by atoms with Crippen molar-refractivity contribution in [2.75, 3.05) is 5.88 Å². The molecule has 0 aliphatic carbocycles. The number of halogens is 2. The summed E-state index contributed by atoms with van der Waals surface area (Å²) in [6.45, 7) is 0. The third-order valence-corrected chi connectivity index (χ3v) is 4.98. The van der Waals surface area contributed by atoms with Gasteiger partial charge in [0.15, 0.2) is 0 Å². The molecule has 0 fully saturated rings. The first-order valence-electron chi connectivity index (χ1n) is 6.42. The lowest BCUT2D eigenvalue weighted by Gasteiger charge is -2.18. The van der Waals surface area contributed by atoms with Crippen LogP contribution in [-0.2, 0) is 10.0 Å². The maximum absolute atomic E-state index is 12.4. The van der Waals surface area contributed by atoms with E-state index in [4.69, 9.17) is 23.2 Å². The number of hydrogen-bond donors (Lipinski definition) is 1. The van der Waals surface area contributed by atoms with E-state index in [2.05, 4.69) is 4.72 Å². The largest absolute Gasteiger partial charge is 0.241 e. The first-order chi connectivity index (χ1) is 10.0. The number of benzene rings is 2. The van der Waals surface area contributed by atoms with E-state index < -0.39 is 10.0 Å². The molecule has 0 saturated heterocycles. The van der Waals surface area contributed by atoms with Crippen LogP contribution in [0.5, 0.6) is 0 Å². The quantitative estimate of drug-likeness (QED) is 0.806. The van der Waals surface area contributed by atoms with Crippen LogP contribution in [0.2, 0.25) is 5.02 Å². The average Bonchev–Trinajstić information content (AvgIpc) is 2.48. The zero-order chi connectivity index (χ0) is 15.3. The molecule has 0 saturated carbocycles. The van der Waals surface area contributed by atoms with Gasteiger partial charge in [0.05, 0.1) is 4.90 Å². The second-order valence-electron chi connectivity index (χ2n) is 4.52. The minimum Gasteiger partial charge on any atom is -0.207 e. The van der Waals surface area contributed by atoms with Crippen molar-refractivity contribution in [1.82, 2.24) is 4.72 Å². The van der Waals surface area contributed by atoms with Gasteiger partial charge in [-0.15, -0.1) is 11.6 Å². The molecule has 1 atom stereocenters. The summed E-state index contributed by atoms with van der Waals surface area (Å²) >= 11 is 11.6. The Hall–Kier alpha value is -1.07. The summed E-state index contributed by atoms with van der Waals surface area (Å²) in [6, 6.07) is 15.1. The monoisotopic (exact) mass is 343 g/mol. The molecule has 1 unspecified atom stereocenters. The summed E-state index contributed by atoms with van der Waals surface area (Å²) < 4.78 is 27.5. The Balaban J connectivity index is 2.25. The maximum Gasteiger partial charge on any atom is 0.241 e. The lowest BCUT2D eigenvalue weighted by Crippen LogP contribution is -2.29. The zero-order valence-electron chi connectivity index (χ0n) is 11.2. The molecule has 0 bridgehead atoms. The molecule has 2 aromatic rings. The van der Waals surface area contributed by atoms with Crippen molar-refractivity contribution in [2.24, 2.45) is 0 Å². The molecule has 2 aromatic carbocycles. The highest BCUT2D eigenvalue weighted by molar-refractivity contribution is 7.89. The van der Waals surface area contributed by atoms with Gasteiger partial charge in [0.1, 0.15) is 0 Å². The van der Waals surface area contributed by atoms with Crippen molar-refractivity contribution in [2.45, 2.75) is 17.4 Å². The summed E-state index contributed by atoms with van der Waals surface area (Å²) in [5.41, 5.74) is 0.885. The van der Waals surface area contributed by atoms with Crippen molar-refractivity contribution in [3.05, 3.63) is 65.2 Å². The minimum absolute atomic E-state index is 0.183. The number of sulfonamides is 1.